The van der Waals surface area contributed by atoms with Crippen molar-refractivity contribution in [2.75, 3.05) is 72.3 Å². The largest absolute Gasteiger partial charge is 0.377 e. The molecule has 0 spiro atoms. The summed E-state index contributed by atoms with van der Waals surface area (Å²) in [5.74, 6) is 0.0723. The molecule has 0 atom stereocenters. The standard InChI is InChI=1S/C18H37N3O4/c1-16(2)19-5-6-20-7-9-21(10-8-20)18(22)15-24-12-11-23-13-14-25-17(3)4/h16-17,19H,5-15H2,1-4H3. The maximum absolute atomic E-state index is 12.1. The van der Waals surface area contributed by atoms with Gasteiger partial charge >= 0.3 is 0 Å². The van der Waals surface area contributed by atoms with Crippen LogP contribution in [0.3, 0.4) is 0 Å². The molecule has 1 fully saturated rings. The zero-order chi connectivity index (χ0) is 18.5. The fraction of sp³-hybridized carbons (Fsp3) is 0.944. The minimum absolute atomic E-state index is 0.0723. The molecule has 1 rings (SSSR count). The molecule has 0 saturated carbocycles. The molecule has 25 heavy (non-hydrogen) atoms. The number of nitrogens with one attached hydrogen (secondary N) is 1. The van der Waals surface area contributed by atoms with Gasteiger partial charge < -0.3 is 24.4 Å². The SMILES string of the molecule is CC(C)NCCN1CCN(C(=O)COCCOCCOC(C)C)CC1. The van der Waals surface area contributed by atoms with Crippen molar-refractivity contribution in [1.29, 1.82) is 0 Å². The van der Waals surface area contributed by atoms with Gasteiger partial charge in [0.15, 0.2) is 0 Å². The Morgan fingerprint density at radius 1 is 0.960 bits per heavy atom. The van der Waals surface area contributed by atoms with Crippen LogP contribution in [-0.4, -0.2) is 100 Å². The third-order valence-corrected chi connectivity index (χ3v) is 3.98. The van der Waals surface area contributed by atoms with Gasteiger partial charge in [-0.05, 0) is 13.8 Å². The Hall–Kier alpha value is -0.730. The molecule has 7 nitrogen and oxygen atoms in total. The van der Waals surface area contributed by atoms with Crippen LogP contribution in [0.4, 0.5) is 0 Å². The second kappa shape index (κ2) is 13.5. The minimum atomic E-state index is 0.0723. The number of hydrogen-bond donors (Lipinski definition) is 1. The molecule has 0 unspecified atom stereocenters. The van der Waals surface area contributed by atoms with Crippen LogP contribution in [-0.2, 0) is 19.0 Å². The number of hydrogen-bond acceptors (Lipinski definition) is 6. The highest BCUT2D eigenvalue weighted by Crippen LogP contribution is 2.02. The third-order valence-electron chi connectivity index (χ3n) is 3.98. The van der Waals surface area contributed by atoms with E-state index in [1.165, 1.54) is 0 Å². The first-order chi connectivity index (χ1) is 12.0. The lowest BCUT2D eigenvalue weighted by Crippen LogP contribution is -2.51. The van der Waals surface area contributed by atoms with E-state index >= 15 is 0 Å². The summed E-state index contributed by atoms with van der Waals surface area (Å²) in [5.41, 5.74) is 0. The van der Waals surface area contributed by atoms with Crippen LogP contribution in [0.1, 0.15) is 27.7 Å². The van der Waals surface area contributed by atoms with Crippen LogP contribution in [0.15, 0.2) is 0 Å². The highest BCUT2D eigenvalue weighted by molar-refractivity contribution is 5.77. The van der Waals surface area contributed by atoms with Gasteiger partial charge in [-0.1, -0.05) is 13.8 Å². The van der Waals surface area contributed by atoms with Crippen LogP contribution < -0.4 is 5.32 Å². The molecular weight excluding hydrogens is 322 g/mol. The number of amides is 1. The van der Waals surface area contributed by atoms with E-state index in [-0.39, 0.29) is 18.6 Å². The molecule has 0 bridgehead atoms. The number of carbonyl (C=O) groups is 1. The van der Waals surface area contributed by atoms with E-state index in [1.807, 2.05) is 18.7 Å². The summed E-state index contributed by atoms with van der Waals surface area (Å²) >= 11 is 0. The van der Waals surface area contributed by atoms with Gasteiger partial charge in [0, 0.05) is 45.3 Å². The van der Waals surface area contributed by atoms with Gasteiger partial charge in [-0.2, -0.15) is 0 Å². The van der Waals surface area contributed by atoms with E-state index in [0.29, 0.717) is 32.5 Å². The average molecular weight is 360 g/mol. The molecule has 1 heterocycles. The molecule has 0 aromatic carbocycles. The lowest BCUT2D eigenvalue weighted by molar-refractivity contribution is -0.138. The molecule has 0 aromatic rings. The van der Waals surface area contributed by atoms with Crippen molar-refractivity contribution in [2.45, 2.75) is 39.8 Å². The molecule has 1 N–H and O–H groups in total. The number of carbonyl (C=O) groups excluding carboxylic acids is 1. The van der Waals surface area contributed by atoms with Gasteiger partial charge in [0.2, 0.25) is 5.91 Å². The smallest absolute Gasteiger partial charge is 0.248 e. The second-order valence-electron chi connectivity index (χ2n) is 6.92. The van der Waals surface area contributed by atoms with E-state index in [2.05, 4.69) is 24.1 Å². The summed E-state index contributed by atoms with van der Waals surface area (Å²) in [5, 5.41) is 3.42. The highest BCUT2D eigenvalue weighted by atomic mass is 16.5. The first-order valence-corrected chi connectivity index (χ1v) is 9.49. The maximum Gasteiger partial charge on any atom is 0.248 e. The van der Waals surface area contributed by atoms with Crippen LogP contribution in [0.25, 0.3) is 0 Å². The predicted octanol–water partition coefficient (Wildman–Crippen LogP) is 0.587. The van der Waals surface area contributed by atoms with Crippen molar-refractivity contribution in [3.8, 4) is 0 Å². The first-order valence-electron chi connectivity index (χ1n) is 9.49. The van der Waals surface area contributed by atoms with Crippen LogP contribution in [0.5, 0.6) is 0 Å². The molecule has 1 aliphatic rings. The van der Waals surface area contributed by atoms with E-state index in [0.717, 1.165) is 39.3 Å². The Balaban J connectivity index is 1.98. The quantitative estimate of drug-likeness (QED) is 0.486. The topological polar surface area (TPSA) is 63.3 Å². The van der Waals surface area contributed by atoms with Crippen molar-refractivity contribution in [2.24, 2.45) is 0 Å². The van der Waals surface area contributed by atoms with E-state index in [9.17, 15) is 4.79 Å². The Morgan fingerprint density at radius 3 is 2.24 bits per heavy atom. The average Bonchev–Trinajstić information content (AvgIpc) is 2.57. The molecule has 148 valence electrons. The van der Waals surface area contributed by atoms with Crippen LogP contribution >= 0.6 is 0 Å². The molecular formula is C18H37N3O4. The normalized spacial score (nSPS) is 16.2. The van der Waals surface area contributed by atoms with E-state index in [1.54, 1.807) is 0 Å². The predicted molar refractivity (Wildman–Crippen MR) is 98.9 cm³/mol. The summed E-state index contributed by atoms with van der Waals surface area (Å²) in [6.07, 6.45) is 0.226. The molecule has 0 aromatic heterocycles. The van der Waals surface area contributed by atoms with Crippen molar-refractivity contribution in [3.63, 3.8) is 0 Å². The zero-order valence-electron chi connectivity index (χ0n) is 16.5. The Labute approximate surface area is 153 Å². The van der Waals surface area contributed by atoms with Gasteiger partial charge in [-0.15, -0.1) is 0 Å². The van der Waals surface area contributed by atoms with Crippen molar-refractivity contribution in [1.82, 2.24) is 15.1 Å². The molecule has 1 aliphatic heterocycles. The van der Waals surface area contributed by atoms with E-state index in [4.69, 9.17) is 14.2 Å². The van der Waals surface area contributed by atoms with Crippen molar-refractivity contribution >= 4 is 5.91 Å². The fourth-order valence-corrected chi connectivity index (χ4v) is 2.55. The molecule has 7 heteroatoms. The second-order valence-corrected chi connectivity index (χ2v) is 6.92. The van der Waals surface area contributed by atoms with Crippen molar-refractivity contribution in [3.05, 3.63) is 0 Å². The van der Waals surface area contributed by atoms with Gasteiger partial charge in [-0.3, -0.25) is 9.69 Å². The van der Waals surface area contributed by atoms with Crippen molar-refractivity contribution < 1.29 is 19.0 Å². The number of ether oxygens (including phenoxy) is 3. The van der Waals surface area contributed by atoms with Gasteiger partial charge in [-0.25, -0.2) is 0 Å². The number of nitrogens with zero attached hydrogens (tertiary/aromatic N) is 2. The monoisotopic (exact) mass is 359 g/mol. The van der Waals surface area contributed by atoms with Gasteiger partial charge in [0.05, 0.1) is 32.5 Å². The minimum Gasteiger partial charge on any atom is -0.377 e. The lowest BCUT2D eigenvalue weighted by atomic mass is 10.3. The number of rotatable bonds is 13. The fourth-order valence-electron chi connectivity index (χ4n) is 2.55. The lowest BCUT2D eigenvalue weighted by Gasteiger charge is -2.34. The van der Waals surface area contributed by atoms with Crippen LogP contribution in [0, 0.1) is 0 Å². The molecule has 1 saturated heterocycles. The van der Waals surface area contributed by atoms with Gasteiger partial charge in [0.1, 0.15) is 6.61 Å². The van der Waals surface area contributed by atoms with Crippen LogP contribution in [0.2, 0.25) is 0 Å². The molecule has 1 amide bonds. The molecule has 0 radical (unpaired) electrons. The zero-order valence-corrected chi connectivity index (χ0v) is 16.5. The Kier molecular flexibility index (Phi) is 12.0. The summed E-state index contributed by atoms with van der Waals surface area (Å²) in [6, 6.07) is 0.520. The summed E-state index contributed by atoms with van der Waals surface area (Å²) in [6.45, 7) is 16.0. The summed E-state index contributed by atoms with van der Waals surface area (Å²) in [4.78, 5) is 16.4. The Morgan fingerprint density at radius 2 is 1.60 bits per heavy atom. The van der Waals surface area contributed by atoms with Gasteiger partial charge in [0.25, 0.3) is 0 Å². The number of piperazine rings is 1. The summed E-state index contributed by atoms with van der Waals surface area (Å²) in [7, 11) is 0. The molecule has 0 aliphatic carbocycles. The summed E-state index contributed by atoms with van der Waals surface area (Å²) < 4.78 is 16.2. The maximum atomic E-state index is 12.1. The van der Waals surface area contributed by atoms with E-state index < -0.39 is 0 Å². The first kappa shape index (κ1) is 22.3. The third kappa shape index (κ3) is 11.5. The Bertz CT molecular complexity index is 345. The highest BCUT2D eigenvalue weighted by Gasteiger charge is 2.20.